The molecule has 0 fully saturated rings. The first-order chi connectivity index (χ1) is 16.2. The van der Waals surface area contributed by atoms with Gasteiger partial charge in [0.15, 0.2) is 11.4 Å². The molecule has 4 rings (SSSR count). The van der Waals surface area contributed by atoms with Crippen LogP contribution in [0, 0.1) is 0 Å². The van der Waals surface area contributed by atoms with Crippen LogP contribution in [0.5, 0.6) is 11.5 Å². The number of ketones is 1. The highest BCUT2D eigenvalue weighted by Gasteiger charge is 2.03. The highest BCUT2D eigenvalue weighted by Crippen LogP contribution is 2.19. The van der Waals surface area contributed by atoms with Crippen molar-refractivity contribution >= 4 is 39.7 Å². The van der Waals surface area contributed by atoms with Gasteiger partial charge in [-0.25, -0.2) is 4.98 Å². The third-order valence-corrected chi connectivity index (χ3v) is 5.74. The minimum Gasteiger partial charge on any atom is -0.497 e. The number of thiol groups is 1. The number of methoxy groups -OCH3 is 1. The van der Waals surface area contributed by atoms with E-state index in [4.69, 9.17) is 13.9 Å². The summed E-state index contributed by atoms with van der Waals surface area (Å²) in [6, 6.07) is 22.5. The molecule has 0 aliphatic heterocycles. The molecule has 3 aromatic carbocycles. The summed E-state index contributed by atoms with van der Waals surface area (Å²) in [7, 11) is 1.62. The maximum atomic E-state index is 12.4. The second-order valence-electron chi connectivity index (χ2n) is 7.27. The van der Waals surface area contributed by atoms with Gasteiger partial charge in [0.05, 0.1) is 13.7 Å². The summed E-state index contributed by atoms with van der Waals surface area (Å²) in [4.78, 5) is 16.9. The van der Waals surface area contributed by atoms with Crippen LogP contribution in [-0.2, 0) is 0 Å². The third kappa shape index (κ3) is 6.43. The molecule has 5 nitrogen and oxygen atoms in total. The van der Waals surface area contributed by atoms with Gasteiger partial charge in [0.1, 0.15) is 17.0 Å². The number of benzene rings is 3. The smallest absolute Gasteiger partial charge is 0.247 e. The van der Waals surface area contributed by atoms with E-state index in [2.05, 4.69) is 10.4 Å². The number of ether oxygens (including phenoxy) is 2. The summed E-state index contributed by atoms with van der Waals surface area (Å²) in [5.74, 6) is 1.45. The number of carbonyl (C=O) groups excluding carboxylic acids is 1. The zero-order valence-electron chi connectivity index (χ0n) is 18.3. The fourth-order valence-corrected chi connectivity index (χ4v) is 3.94. The Morgan fingerprint density at radius 1 is 1.03 bits per heavy atom. The highest BCUT2D eigenvalue weighted by atomic mass is 32.1. The predicted octanol–water partition coefficient (Wildman–Crippen LogP) is 6.22. The van der Waals surface area contributed by atoms with Gasteiger partial charge in [-0.05, 0) is 73.0 Å². The molecule has 0 N–H and O–H groups in total. The number of nitrogens with zero attached hydrogens (tertiary/aromatic N) is 1. The number of allylic oxidation sites excluding steroid dienone is 1. The molecule has 1 aromatic heterocycles. The normalized spacial score (nSPS) is 11.7. The lowest BCUT2D eigenvalue weighted by Gasteiger charge is -2.05. The number of oxazole rings is 1. The van der Waals surface area contributed by atoms with Gasteiger partial charge in [0.25, 0.3) is 0 Å². The first kappa shape index (κ1) is 22.6. The van der Waals surface area contributed by atoms with Gasteiger partial charge in [-0.1, -0.05) is 35.7 Å². The van der Waals surface area contributed by atoms with Gasteiger partial charge >= 0.3 is 0 Å². The van der Waals surface area contributed by atoms with Crippen molar-refractivity contribution in [1.29, 1.82) is 0 Å². The van der Waals surface area contributed by atoms with Crippen LogP contribution in [0.25, 0.3) is 17.2 Å². The van der Waals surface area contributed by atoms with E-state index < -0.39 is 0 Å². The third-order valence-electron chi connectivity index (χ3n) is 4.89. The van der Waals surface area contributed by atoms with Gasteiger partial charge in [-0.2, -0.15) is 0 Å². The number of para-hydroxylation sites is 2. The summed E-state index contributed by atoms with van der Waals surface area (Å²) >= 11 is 0.967. The highest BCUT2D eigenvalue weighted by molar-refractivity contribution is 7.97. The van der Waals surface area contributed by atoms with Crippen molar-refractivity contribution in [3.63, 3.8) is 0 Å². The van der Waals surface area contributed by atoms with Crippen LogP contribution in [0.1, 0.15) is 28.8 Å². The number of unbranched alkanes of at least 4 members (excludes halogenated alkanes) is 1. The monoisotopic (exact) mass is 459 g/mol. The maximum Gasteiger partial charge on any atom is 0.247 e. The minimum absolute atomic E-state index is 0.0582. The fraction of sp³-hybridized carbons (Fsp3) is 0.148. The topological polar surface area (TPSA) is 61.6 Å². The van der Waals surface area contributed by atoms with Crippen LogP contribution in [0.4, 0.5) is 0 Å². The molecule has 1 heterocycles. The minimum atomic E-state index is -0.0582. The standard InChI is InChI=1S/C27H25NO4S/c1-30-23-8-6-7-20(19-23)11-16-25(29)21-12-14-22(15-13-21)31-17-4-5-18-33-27-28-24-9-2-3-10-26(24)32-27/h2-3,6-16,18-19,33H,4-5,17H2,1H3/b16-11+. The molecule has 0 unspecified atom stereocenters. The lowest BCUT2D eigenvalue weighted by atomic mass is 10.1. The van der Waals surface area contributed by atoms with Crippen LogP contribution in [-0.4, -0.2) is 29.9 Å². The van der Waals surface area contributed by atoms with E-state index in [9.17, 15) is 4.79 Å². The van der Waals surface area contributed by atoms with Crippen molar-refractivity contribution in [2.24, 2.45) is 0 Å². The second-order valence-corrected chi connectivity index (χ2v) is 8.27. The Morgan fingerprint density at radius 2 is 1.88 bits per heavy atom. The number of aromatic nitrogens is 1. The summed E-state index contributed by atoms with van der Waals surface area (Å²) < 4.78 is 16.7. The van der Waals surface area contributed by atoms with Crippen molar-refractivity contribution in [3.05, 3.63) is 90.0 Å². The zero-order chi connectivity index (χ0) is 22.9. The van der Waals surface area contributed by atoms with E-state index in [1.54, 1.807) is 31.4 Å². The zero-order valence-corrected chi connectivity index (χ0v) is 19.2. The Hall–Kier alpha value is -3.64. The Kier molecular flexibility index (Phi) is 7.72. The largest absolute Gasteiger partial charge is 0.497 e. The Balaban J connectivity index is 1.21. The maximum absolute atomic E-state index is 12.4. The Morgan fingerprint density at radius 3 is 2.70 bits per heavy atom. The lowest BCUT2D eigenvalue weighted by molar-refractivity contribution is 0.104. The van der Waals surface area contributed by atoms with Crippen LogP contribution in [0.2, 0.25) is 0 Å². The molecule has 0 bridgehead atoms. The average Bonchev–Trinajstić information content (AvgIpc) is 3.28. The number of fused-ring (bicyclic) bond motifs is 1. The van der Waals surface area contributed by atoms with Crippen molar-refractivity contribution in [3.8, 4) is 11.5 Å². The van der Waals surface area contributed by atoms with Crippen molar-refractivity contribution in [2.75, 3.05) is 13.7 Å². The summed E-state index contributed by atoms with van der Waals surface area (Å²) in [5.41, 5.74) is 3.23. The molecule has 0 spiro atoms. The summed E-state index contributed by atoms with van der Waals surface area (Å²) in [6.07, 6.45) is 5.13. The first-order valence-corrected chi connectivity index (χ1v) is 11.6. The molecular formula is C27H25NO4S. The van der Waals surface area contributed by atoms with Crippen molar-refractivity contribution in [1.82, 2.24) is 4.98 Å². The molecular weight excluding hydrogens is 434 g/mol. The van der Waals surface area contributed by atoms with Crippen molar-refractivity contribution in [2.45, 2.75) is 18.1 Å². The summed E-state index contributed by atoms with van der Waals surface area (Å²) in [5, 5.41) is 2.84. The second kappa shape index (κ2) is 11.3. The molecule has 0 saturated carbocycles. The number of carbonyl (C=O) groups is 1. The van der Waals surface area contributed by atoms with E-state index in [0.29, 0.717) is 17.4 Å². The van der Waals surface area contributed by atoms with Crippen LogP contribution >= 0.6 is 11.4 Å². The number of rotatable bonds is 10. The molecule has 0 aliphatic rings. The molecule has 6 heteroatoms. The van der Waals surface area contributed by atoms with E-state index in [1.807, 2.05) is 60.7 Å². The van der Waals surface area contributed by atoms with E-state index in [1.165, 1.54) is 0 Å². The van der Waals surface area contributed by atoms with Crippen LogP contribution in [0.15, 0.2) is 88.5 Å². The van der Waals surface area contributed by atoms with Crippen LogP contribution in [0.3, 0.4) is 0 Å². The molecule has 0 atom stereocenters. The molecule has 0 saturated heterocycles. The van der Waals surface area contributed by atoms with Gasteiger partial charge in [0.2, 0.25) is 5.22 Å². The Bertz CT molecular complexity index is 1240. The molecule has 168 valence electrons. The fourth-order valence-electron chi connectivity index (χ4n) is 3.15. The molecule has 0 aliphatic carbocycles. The Labute approximate surface area is 196 Å². The first-order valence-electron chi connectivity index (χ1n) is 10.7. The van der Waals surface area contributed by atoms with E-state index >= 15 is 0 Å². The molecule has 33 heavy (non-hydrogen) atoms. The lowest BCUT2D eigenvalue weighted by Crippen LogP contribution is -1.99. The predicted molar refractivity (Wildman–Crippen MR) is 135 cm³/mol. The molecule has 0 radical (unpaired) electrons. The van der Waals surface area contributed by atoms with E-state index in [-0.39, 0.29) is 5.78 Å². The average molecular weight is 460 g/mol. The number of hydrogen-bond acceptors (Lipinski definition) is 5. The van der Waals surface area contributed by atoms with Crippen molar-refractivity contribution < 1.29 is 18.7 Å². The van der Waals surface area contributed by atoms with E-state index in [0.717, 1.165) is 52.4 Å². The summed E-state index contributed by atoms with van der Waals surface area (Å²) in [6.45, 7) is 0.600. The van der Waals surface area contributed by atoms with Gasteiger partial charge in [-0.3, -0.25) is 4.79 Å². The quantitative estimate of drug-likeness (QED) is 0.100. The molecule has 4 aromatic rings. The van der Waals surface area contributed by atoms with Gasteiger partial charge < -0.3 is 13.9 Å². The number of hydrogen-bond donors (Lipinski definition) is 1. The molecule has 0 amide bonds. The van der Waals surface area contributed by atoms with Crippen LogP contribution < -0.4 is 9.47 Å². The van der Waals surface area contributed by atoms with Gasteiger partial charge in [-0.15, -0.1) is 11.4 Å². The SMILES string of the molecule is COc1cccc(/C=C/C(=O)c2ccc(OCCCC=[SH]c3nc4ccccc4o3)cc2)c1. The van der Waals surface area contributed by atoms with Gasteiger partial charge in [0, 0.05) is 5.56 Å².